The second kappa shape index (κ2) is 5.92. The molecule has 0 amide bonds. The Morgan fingerprint density at radius 3 is 2.42 bits per heavy atom. The summed E-state index contributed by atoms with van der Waals surface area (Å²) in [5, 5.41) is 9.50. The van der Waals surface area contributed by atoms with E-state index in [1.807, 2.05) is 0 Å². The van der Waals surface area contributed by atoms with Crippen LogP contribution in [0.25, 0.3) is 0 Å². The topological polar surface area (TPSA) is 23.5 Å². The quantitative estimate of drug-likeness (QED) is 0.914. The minimum absolute atomic E-state index is 0.151. The van der Waals surface area contributed by atoms with Gasteiger partial charge >= 0.3 is 6.18 Å². The number of likely N-dealkylation sites (tertiary alicyclic amines) is 1. The number of hydrogen-bond donors (Lipinski definition) is 1. The third kappa shape index (κ3) is 3.48. The van der Waals surface area contributed by atoms with Crippen LogP contribution in [0.15, 0.2) is 24.3 Å². The van der Waals surface area contributed by atoms with Gasteiger partial charge in [0.1, 0.15) is 0 Å². The second-order valence-corrected chi connectivity index (χ2v) is 4.92. The molecule has 106 valence electrons. The van der Waals surface area contributed by atoms with Crippen molar-refractivity contribution in [1.29, 1.82) is 0 Å². The van der Waals surface area contributed by atoms with Gasteiger partial charge in [-0.25, -0.2) is 0 Å². The maximum absolute atomic E-state index is 12.7. The molecule has 5 heteroatoms. The van der Waals surface area contributed by atoms with Gasteiger partial charge in [-0.05, 0) is 43.6 Å². The number of aliphatic hydroxyl groups is 1. The molecule has 2 nitrogen and oxygen atoms in total. The third-order valence-electron chi connectivity index (χ3n) is 3.60. The zero-order chi connectivity index (χ0) is 13.9. The van der Waals surface area contributed by atoms with Crippen LogP contribution in [0.5, 0.6) is 0 Å². The monoisotopic (exact) mass is 273 g/mol. The van der Waals surface area contributed by atoms with E-state index in [1.165, 1.54) is 6.07 Å². The third-order valence-corrected chi connectivity index (χ3v) is 3.60. The van der Waals surface area contributed by atoms with Crippen LogP contribution in [0, 0.1) is 0 Å². The van der Waals surface area contributed by atoms with Crippen LogP contribution in [0.2, 0.25) is 0 Å². The predicted octanol–water partition coefficient (Wildman–Crippen LogP) is 3.22. The molecule has 1 aromatic rings. The average molecular weight is 273 g/mol. The maximum atomic E-state index is 12.7. The Balaban J connectivity index is 2.22. The number of hydrogen-bond acceptors (Lipinski definition) is 2. The fraction of sp³-hybridized carbons (Fsp3) is 0.571. The Hall–Kier alpha value is -1.07. The van der Waals surface area contributed by atoms with Gasteiger partial charge in [0.25, 0.3) is 0 Å². The molecular formula is C14H18F3NO. The number of aliphatic hydroxyl groups excluding tert-OH is 1. The van der Waals surface area contributed by atoms with E-state index >= 15 is 0 Å². The maximum Gasteiger partial charge on any atom is 0.416 e. The van der Waals surface area contributed by atoms with Gasteiger partial charge in [0.15, 0.2) is 0 Å². The molecule has 1 fully saturated rings. The largest absolute Gasteiger partial charge is 0.416 e. The lowest BCUT2D eigenvalue weighted by atomic mass is 10.0. The zero-order valence-corrected chi connectivity index (χ0v) is 10.7. The number of halogens is 3. The number of alkyl halides is 3. The van der Waals surface area contributed by atoms with Gasteiger partial charge in [-0.2, -0.15) is 13.2 Å². The standard InChI is InChI=1S/C14H18F3NO/c15-14(16,17)12-6-4-5-11(9-12)13(10-19)18-7-2-1-3-8-18/h4-6,9,13,19H,1-3,7-8,10H2. The molecule has 1 aliphatic rings. The normalized spacial score (nSPS) is 19.4. The number of piperidine rings is 1. The van der Waals surface area contributed by atoms with Crippen molar-refractivity contribution in [3.05, 3.63) is 35.4 Å². The van der Waals surface area contributed by atoms with E-state index in [9.17, 15) is 18.3 Å². The Kier molecular flexibility index (Phi) is 4.47. The highest BCUT2D eigenvalue weighted by molar-refractivity contribution is 5.28. The molecule has 19 heavy (non-hydrogen) atoms. The van der Waals surface area contributed by atoms with Gasteiger partial charge in [-0.3, -0.25) is 4.90 Å². The van der Waals surface area contributed by atoms with Gasteiger partial charge in [0.2, 0.25) is 0 Å². The lowest BCUT2D eigenvalue weighted by molar-refractivity contribution is -0.137. The molecule has 1 aromatic carbocycles. The first kappa shape index (κ1) is 14.3. The molecule has 1 atom stereocenters. The minimum Gasteiger partial charge on any atom is -0.394 e. The van der Waals surface area contributed by atoms with Crippen molar-refractivity contribution in [2.75, 3.05) is 19.7 Å². The summed E-state index contributed by atoms with van der Waals surface area (Å²) in [6.07, 6.45) is -1.11. The summed E-state index contributed by atoms with van der Waals surface area (Å²) in [6, 6.07) is 4.95. The van der Waals surface area contributed by atoms with Crippen LogP contribution in [0.1, 0.15) is 36.4 Å². The molecule has 1 heterocycles. The lowest BCUT2D eigenvalue weighted by Gasteiger charge is -2.34. The molecule has 0 aliphatic carbocycles. The van der Waals surface area contributed by atoms with E-state index in [0.29, 0.717) is 5.56 Å². The van der Waals surface area contributed by atoms with E-state index in [1.54, 1.807) is 6.07 Å². The summed E-state index contributed by atoms with van der Waals surface area (Å²) >= 11 is 0. The number of rotatable bonds is 3. The fourth-order valence-corrected chi connectivity index (χ4v) is 2.58. The molecule has 2 rings (SSSR count). The molecule has 1 N–H and O–H groups in total. The van der Waals surface area contributed by atoms with Gasteiger partial charge < -0.3 is 5.11 Å². The molecule has 1 unspecified atom stereocenters. The van der Waals surface area contributed by atoms with Crippen molar-refractivity contribution in [2.45, 2.75) is 31.5 Å². The van der Waals surface area contributed by atoms with Crippen molar-refractivity contribution < 1.29 is 18.3 Å². The smallest absolute Gasteiger partial charge is 0.394 e. The fourth-order valence-electron chi connectivity index (χ4n) is 2.58. The Morgan fingerprint density at radius 2 is 1.84 bits per heavy atom. The van der Waals surface area contributed by atoms with Crippen LogP contribution in [-0.2, 0) is 6.18 Å². The van der Waals surface area contributed by atoms with Crippen LogP contribution < -0.4 is 0 Å². The first-order valence-electron chi connectivity index (χ1n) is 6.54. The van der Waals surface area contributed by atoms with E-state index in [2.05, 4.69) is 4.90 Å². The van der Waals surface area contributed by atoms with E-state index < -0.39 is 11.7 Å². The van der Waals surface area contributed by atoms with Crippen LogP contribution in [-0.4, -0.2) is 29.7 Å². The summed E-state index contributed by atoms with van der Waals surface area (Å²) in [5.41, 5.74) is -0.111. The molecule has 0 bridgehead atoms. The lowest BCUT2D eigenvalue weighted by Crippen LogP contribution is -2.35. The Labute approximate surface area is 110 Å². The van der Waals surface area contributed by atoms with Gasteiger partial charge in [0.05, 0.1) is 18.2 Å². The summed E-state index contributed by atoms with van der Waals surface area (Å²) in [7, 11) is 0. The van der Waals surface area contributed by atoms with Crippen molar-refractivity contribution in [2.24, 2.45) is 0 Å². The van der Waals surface area contributed by atoms with E-state index in [-0.39, 0.29) is 12.6 Å². The van der Waals surface area contributed by atoms with Crippen LogP contribution in [0.3, 0.4) is 0 Å². The van der Waals surface area contributed by atoms with Crippen molar-refractivity contribution >= 4 is 0 Å². The van der Waals surface area contributed by atoms with Gasteiger partial charge in [0, 0.05) is 0 Å². The molecule has 0 aromatic heterocycles. The molecule has 1 aliphatic heterocycles. The van der Waals surface area contributed by atoms with E-state index in [0.717, 1.165) is 44.5 Å². The summed E-state index contributed by atoms with van der Waals surface area (Å²) in [5.74, 6) is 0. The molecule has 0 spiro atoms. The van der Waals surface area contributed by atoms with E-state index in [4.69, 9.17) is 0 Å². The Morgan fingerprint density at radius 1 is 1.16 bits per heavy atom. The van der Waals surface area contributed by atoms with Crippen LogP contribution in [0.4, 0.5) is 13.2 Å². The number of nitrogens with zero attached hydrogens (tertiary/aromatic N) is 1. The molecule has 0 saturated carbocycles. The highest BCUT2D eigenvalue weighted by atomic mass is 19.4. The van der Waals surface area contributed by atoms with Crippen LogP contribution >= 0.6 is 0 Å². The van der Waals surface area contributed by atoms with Crippen molar-refractivity contribution in [3.63, 3.8) is 0 Å². The second-order valence-electron chi connectivity index (χ2n) is 4.92. The summed E-state index contributed by atoms with van der Waals surface area (Å²) in [6.45, 7) is 1.52. The minimum atomic E-state index is -4.34. The summed E-state index contributed by atoms with van der Waals surface area (Å²) < 4.78 is 38.1. The first-order valence-corrected chi connectivity index (χ1v) is 6.54. The number of benzene rings is 1. The Bertz CT molecular complexity index is 413. The van der Waals surface area contributed by atoms with Crippen molar-refractivity contribution in [1.82, 2.24) is 4.90 Å². The summed E-state index contributed by atoms with van der Waals surface area (Å²) in [4.78, 5) is 2.07. The predicted molar refractivity (Wildman–Crippen MR) is 66.7 cm³/mol. The average Bonchev–Trinajstić information content (AvgIpc) is 2.40. The highest BCUT2D eigenvalue weighted by Gasteiger charge is 2.31. The first-order chi connectivity index (χ1) is 9.02. The molecule has 0 radical (unpaired) electrons. The van der Waals surface area contributed by atoms with Gasteiger partial charge in [-0.1, -0.05) is 18.6 Å². The van der Waals surface area contributed by atoms with Crippen molar-refractivity contribution in [3.8, 4) is 0 Å². The van der Waals surface area contributed by atoms with Gasteiger partial charge in [-0.15, -0.1) is 0 Å². The molecule has 1 saturated heterocycles. The SMILES string of the molecule is OCC(c1cccc(C(F)(F)F)c1)N1CCCCC1. The zero-order valence-electron chi connectivity index (χ0n) is 10.7. The molecular weight excluding hydrogens is 255 g/mol. The highest BCUT2D eigenvalue weighted by Crippen LogP contribution is 2.32.